The molecule has 0 aliphatic carbocycles. The van der Waals surface area contributed by atoms with Crippen molar-refractivity contribution in [2.24, 2.45) is 0 Å². The van der Waals surface area contributed by atoms with Gasteiger partial charge in [0.25, 0.3) is 0 Å². The Bertz CT molecular complexity index is 363. The number of hydrogen-bond donors (Lipinski definition) is 1. The molecule has 0 aromatic heterocycles. The summed E-state index contributed by atoms with van der Waals surface area (Å²) in [5, 5.41) is 9.60. The molecule has 0 bridgehead atoms. The van der Waals surface area contributed by atoms with Crippen LogP contribution in [-0.2, 0) is 6.54 Å². The lowest BCUT2D eigenvalue weighted by Gasteiger charge is -2.36. The topological polar surface area (TPSA) is 23.5 Å². The van der Waals surface area contributed by atoms with E-state index in [0.29, 0.717) is 6.04 Å². The lowest BCUT2D eigenvalue weighted by molar-refractivity contribution is 0.0818. The van der Waals surface area contributed by atoms with Crippen molar-refractivity contribution in [3.8, 4) is 0 Å². The van der Waals surface area contributed by atoms with E-state index in [0.717, 1.165) is 13.0 Å². The summed E-state index contributed by atoms with van der Waals surface area (Å²) < 4.78 is 1.29. The van der Waals surface area contributed by atoms with Crippen molar-refractivity contribution in [1.82, 2.24) is 4.90 Å². The van der Waals surface area contributed by atoms with Gasteiger partial charge in [-0.1, -0.05) is 18.6 Å². The van der Waals surface area contributed by atoms with E-state index in [1.807, 2.05) is 6.92 Å². The van der Waals surface area contributed by atoms with Crippen LogP contribution in [0.5, 0.6) is 0 Å². The Hall–Kier alpha value is -0.130. The van der Waals surface area contributed by atoms with Crippen molar-refractivity contribution in [2.75, 3.05) is 6.54 Å². The van der Waals surface area contributed by atoms with Gasteiger partial charge in [-0.05, 0) is 73.0 Å². The van der Waals surface area contributed by atoms with Crippen LogP contribution in [0, 0.1) is 3.57 Å². The summed E-state index contributed by atoms with van der Waals surface area (Å²) in [6, 6.07) is 9.33. The molecule has 1 heterocycles. The zero-order valence-electron chi connectivity index (χ0n) is 11.0. The van der Waals surface area contributed by atoms with Gasteiger partial charge in [0, 0.05) is 16.2 Å². The first-order valence-electron chi connectivity index (χ1n) is 6.81. The van der Waals surface area contributed by atoms with Crippen LogP contribution in [0.3, 0.4) is 0 Å². The Morgan fingerprint density at radius 3 is 2.72 bits per heavy atom. The summed E-state index contributed by atoms with van der Waals surface area (Å²) in [5.74, 6) is 0. The average Bonchev–Trinajstić information content (AvgIpc) is 2.34. The molecule has 18 heavy (non-hydrogen) atoms. The summed E-state index contributed by atoms with van der Waals surface area (Å²) >= 11 is 2.34. The highest BCUT2D eigenvalue weighted by Crippen LogP contribution is 2.23. The maximum Gasteiger partial charge on any atom is 0.0527 e. The maximum absolute atomic E-state index is 9.60. The van der Waals surface area contributed by atoms with Crippen LogP contribution in [0.2, 0.25) is 0 Å². The second-order valence-corrected chi connectivity index (χ2v) is 6.58. The zero-order chi connectivity index (χ0) is 13.0. The Kier molecular flexibility index (Phi) is 5.45. The molecule has 2 unspecified atom stereocenters. The normalized spacial score (nSPS) is 22.9. The minimum absolute atomic E-state index is 0.188. The fourth-order valence-corrected chi connectivity index (χ4v) is 3.11. The second kappa shape index (κ2) is 6.87. The largest absolute Gasteiger partial charge is 0.393 e. The first-order valence-corrected chi connectivity index (χ1v) is 7.89. The number of piperidine rings is 1. The highest BCUT2D eigenvalue weighted by atomic mass is 127. The molecular formula is C15H22INO. The van der Waals surface area contributed by atoms with Gasteiger partial charge in [0.2, 0.25) is 0 Å². The van der Waals surface area contributed by atoms with Gasteiger partial charge in [0.15, 0.2) is 0 Å². The van der Waals surface area contributed by atoms with Crippen LogP contribution in [0.1, 0.15) is 38.2 Å². The molecule has 1 aliphatic heterocycles. The summed E-state index contributed by atoms with van der Waals surface area (Å²) in [4.78, 5) is 2.54. The molecule has 1 saturated heterocycles. The van der Waals surface area contributed by atoms with Gasteiger partial charge in [-0.2, -0.15) is 0 Å². The summed E-state index contributed by atoms with van der Waals surface area (Å²) in [7, 11) is 0. The molecule has 2 rings (SSSR count). The molecule has 1 aromatic carbocycles. The molecule has 0 radical (unpaired) electrons. The van der Waals surface area contributed by atoms with Crippen molar-refractivity contribution in [3.63, 3.8) is 0 Å². The number of hydrogen-bond acceptors (Lipinski definition) is 2. The molecule has 1 fully saturated rings. The lowest BCUT2D eigenvalue weighted by Crippen LogP contribution is -2.40. The number of aliphatic hydroxyl groups excluding tert-OH is 1. The van der Waals surface area contributed by atoms with E-state index < -0.39 is 0 Å². The third kappa shape index (κ3) is 4.21. The predicted octanol–water partition coefficient (Wildman–Crippen LogP) is 3.42. The van der Waals surface area contributed by atoms with Crippen LogP contribution < -0.4 is 0 Å². The standard InChI is InChI=1S/C15H22INO/c1-12(18)10-15-4-2-3-9-17(15)11-13-5-7-14(16)8-6-13/h5-8,12,15,18H,2-4,9-11H2,1H3. The summed E-state index contributed by atoms with van der Waals surface area (Å²) in [6.45, 7) is 4.09. The highest BCUT2D eigenvalue weighted by molar-refractivity contribution is 14.1. The van der Waals surface area contributed by atoms with Crippen LogP contribution in [-0.4, -0.2) is 28.7 Å². The predicted molar refractivity (Wildman–Crippen MR) is 83.5 cm³/mol. The van der Waals surface area contributed by atoms with E-state index in [1.54, 1.807) is 0 Å². The first kappa shape index (κ1) is 14.3. The van der Waals surface area contributed by atoms with Crippen LogP contribution in [0.25, 0.3) is 0 Å². The van der Waals surface area contributed by atoms with Gasteiger partial charge in [-0.25, -0.2) is 0 Å². The third-order valence-corrected chi connectivity index (χ3v) is 4.38. The Morgan fingerprint density at radius 2 is 2.06 bits per heavy atom. The van der Waals surface area contributed by atoms with Crippen molar-refractivity contribution < 1.29 is 5.11 Å². The van der Waals surface area contributed by atoms with Crippen LogP contribution in [0.15, 0.2) is 24.3 Å². The van der Waals surface area contributed by atoms with E-state index >= 15 is 0 Å². The van der Waals surface area contributed by atoms with Gasteiger partial charge in [0.05, 0.1) is 6.10 Å². The molecule has 0 spiro atoms. The van der Waals surface area contributed by atoms with E-state index in [1.165, 1.54) is 34.9 Å². The number of nitrogens with zero attached hydrogens (tertiary/aromatic N) is 1. The first-order chi connectivity index (χ1) is 8.65. The van der Waals surface area contributed by atoms with Gasteiger partial charge in [-0.3, -0.25) is 4.90 Å². The van der Waals surface area contributed by atoms with Crippen molar-refractivity contribution in [1.29, 1.82) is 0 Å². The van der Waals surface area contributed by atoms with Gasteiger partial charge < -0.3 is 5.11 Å². The van der Waals surface area contributed by atoms with Crippen molar-refractivity contribution in [2.45, 2.75) is 51.3 Å². The van der Waals surface area contributed by atoms with Crippen molar-refractivity contribution in [3.05, 3.63) is 33.4 Å². The third-order valence-electron chi connectivity index (χ3n) is 3.66. The molecule has 1 aromatic rings. The molecular weight excluding hydrogens is 337 g/mol. The average molecular weight is 359 g/mol. The highest BCUT2D eigenvalue weighted by Gasteiger charge is 2.23. The molecule has 3 heteroatoms. The Labute approximate surface area is 124 Å². The Morgan fingerprint density at radius 1 is 1.33 bits per heavy atom. The minimum atomic E-state index is -0.188. The van der Waals surface area contributed by atoms with Gasteiger partial charge in [-0.15, -0.1) is 0 Å². The van der Waals surface area contributed by atoms with Crippen molar-refractivity contribution >= 4 is 22.6 Å². The molecule has 100 valence electrons. The number of aliphatic hydroxyl groups is 1. The number of rotatable bonds is 4. The van der Waals surface area contributed by atoms with Crippen LogP contribution >= 0.6 is 22.6 Å². The zero-order valence-corrected chi connectivity index (χ0v) is 13.1. The minimum Gasteiger partial charge on any atom is -0.393 e. The monoisotopic (exact) mass is 359 g/mol. The van der Waals surface area contributed by atoms with E-state index in [9.17, 15) is 5.11 Å². The fraction of sp³-hybridized carbons (Fsp3) is 0.600. The fourth-order valence-electron chi connectivity index (χ4n) is 2.75. The van der Waals surface area contributed by atoms with Gasteiger partial charge in [0.1, 0.15) is 0 Å². The molecule has 0 amide bonds. The van der Waals surface area contributed by atoms with E-state index in [4.69, 9.17) is 0 Å². The van der Waals surface area contributed by atoms with Gasteiger partial charge >= 0.3 is 0 Å². The maximum atomic E-state index is 9.60. The second-order valence-electron chi connectivity index (χ2n) is 5.33. The lowest BCUT2D eigenvalue weighted by atomic mass is 9.96. The Balaban J connectivity index is 1.98. The quantitative estimate of drug-likeness (QED) is 0.833. The summed E-state index contributed by atoms with van der Waals surface area (Å²) in [6.07, 6.45) is 4.55. The summed E-state index contributed by atoms with van der Waals surface area (Å²) in [5.41, 5.74) is 1.38. The molecule has 0 saturated carbocycles. The molecule has 1 aliphatic rings. The number of likely N-dealkylation sites (tertiary alicyclic amines) is 1. The molecule has 2 atom stereocenters. The van der Waals surface area contributed by atoms with E-state index in [-0.39, 0.29) is 6.10 Å². The number of halogens is 1. The molecule has 2 nitrogen and oxygen atoms in total. The van der Waals surface area contributed by atoms with E-state index in [2.05, 4.69) is 51.8 Å². The number of benzene rings is 1. The SMILES string of the molecule is CC(O)CC1CCCCN1Cc1ccc(I)cc1. The smallest absolute Gasteiger partial charge is 0.0527 e. The van der Waals surface area contributed by atoms with Crippen LogP contribution in [0.4, 0.5) is 0 Å². The molecule has 1 N–H and O–H groups in total.